The van der Waals surface area contributed by atoms with Gasteiger partial charge in [0.15, 0.2) is 0 Å². The number of fused-ring (bicyclic) bond motifs is 1. The van der Waals surface area contributed by atoms with Crippen molar-refractivity contribution < 1.29 is 19.1 Å². The molecule has 1 heterocycles. The predicted molar refractivity (Wildman–Crippen MR) is 100 cm³/mol. The topological polar surface area (TPSA) is 52.6 Å². The molecule has 1 aliphatic heterocycles. The van der Waals surface area contributed by atoms with Gasteiger partial charge in [0.1, 0.15) is 12.7 Å². The number of hydrogen-bond donors (Lipinski definition) is 0. The Morgan fingerprint density at radius 3 is 2.73 bits per heavy atom. The van der Waals surface area contributed by atoms with E-state index < -0.39 is 0 Å². The molecular weight excluding hydrogens is 328 g/mol. The van der Waals surface area contributed by atoms with E-state index >= 15 is 0 Å². The zero-order chi connectivity index (χ0) is 19.1. The Morgan fingerprint density at radius 1 is 1.38 bits per heavy atom. The molecule has 4 nitrogen and oxygen atoms in total. The van der Waals surface area contributed by atoms with E-state index in [1.165, 1.54) is 12.5 Å². The standard InChI is InChI=1S/C22H32O4/c1-14-7-6-8-18-21(4,10-9-17-12-20(24)25-13-17)15(2)11-19(22(14,18)5)26-16(3)23/h7,12,15,18-19H,6,8-11,13H2,1-5H3/t15-,18+,19-,21-,22+/m1/s1. The van der Waals surface area contributed by atoms with Crippen molar-refractivity contribution in [3.63, 3.8) is 0 Å². The minimum atomic E-state index is -0.210. The van der Waals surface area contributed by atoms with E-state index in [9.17, 15) is 9.59 Å². The Kier molecular flexibility index (Phi) is 5.06. The average Bonchev–Trinajstić information content (AvgIpc) is 2.98. The summed E-state index contributed by atoms with van der Waals surface area (Å²) < 4.78 is 10.9. The number of allylic oxidation sites excluding steroid dienone is 1. The molecule has 0 radical (unpaired) electrons. The summed E-state index contributed by atoms with van der Waals surface area (Å²) in [7, 11) is 0. The van der Waals surface area contributed by atoms with Crippen LogP contribution in [0.4, 0.5) is 0 Å². The van der Waals surface area contributed by atoms with Crippen LogP contribution >= 0.6 is 0 Å². The number of hydrogen-bond acceptors (Lipinski definition) is 4. The maximum atomic E-state index is 11.7. The maximum Gasteiger partial charge on any atom is 0.331 e. The third-order valence-electron chi connectivity index (χ3n) is 7.65. The van der Waals surface area contributed by atoms with Gasteiger partial charge in [0, 0.05) is 18.4 Å². The third kappa shape index (κ3) is 3.12. The first kappa shape index (κ1) is 19.2. The lowest BCUT2D eigenvalue weighted by atomic mass is 9.46. The first-order chi connectivity index (χ1) is 12.2. The summed E-state index contributed by atoms with van der Waals surface area (Å²) in [4.78, 5) is 23.1. The quantitative estimate of drug-likeness (QED) is 0.543. The molecule has 0 bridgehead atoms. The second kappa shape index (κ2) is 6.86. The summed E-state index contributed by atoms with van der Waals surface area (Å²) in [5.74, 6) is 0.523. The van der Waals surface area contributed by atoms with Crippen molar-refractivity contribution in [1.82, 2.24) is 0 Å². The molecule has 0 amide bonds. The molecule has 1 fully saturated rings. The van der Waals surface area contributed by atoms with E-state index in [1.807, 2.05) is 0 Å². The van der Waals surface area contributed by atoms with E-state index in [0.717, 1.165) is 37.7 Å². The van der Waals surface area contributed by atoms with E-state index in [1.54, 1.807) is 6.08 Å². The van der Waals surface area contributed by atoms with Crippen LogP contribution in [0.2, 0.25) is 0 Å². The van der Waals surface area contributed by atoms with Crippen LogP contribution in [-0.2, 0) is 19.1 Å². The van der Waals surface area contributed by atoms with Crippen LogP contribution in [0.3, 0.4) is 0 Å². The van der Waals surface area contributed by atoms with Crippen LogP contribution in [0.15, 0.2) is 23.3 Å². The molecular formula is C22H32O4. The molecule has 144 valence electrons. The normalized spacial score (nSPS) is 39.6. The molecule has 0 aromatic heterocycles. The highest BCUT2D eigenvalue weighted by atomic mass is 16.5. The fourth-order valence-electron chi connectivity index (χ4n) is 5.71. The van der Waals surface area contributed by atoms with Crippen molar-refractivity contribution in [2.24, 2.45) is 22.7 Å². The van der Waals surface area contributed by atoms with Gasteiger partial charge in [-0.05, 0) is 61.9 Å². The Balaban J connectivity index is 1.89. The van der Waals surface area contributed by atoms with Crippen LogP contribution in [0.25, 0.3) is 0 Å². The molecule has 2 aliphatic carbocycles. The van der Waals surface area contributed by atoms with E-state index in [-0.39, 0.29) is 28.9 Å². The van der Waals surface area contributed by atoms with Gasteiger partial charge < -0.3 is 9.47 Å². The lowest BCUT2D eigenvalue weighted by molar-refractivity contribution is -0.174. The van der Waals surface area contributed by atoms with Gasteiger partial charge >= 0.3 is 11.9 Å². The molecule has 5 atom stereocenters. The molecule has 26 heavy (non-hydrogen) atoms. The lowest BCUT2D eigenvalue weighted by Gasteiger charge is -2.60. The lowest BCUT2D eigenvalue weighted by Crippen LogP contribution is -2.57. The summed E-state index contributed by atoms with van der Waals surface area (Å²) in [6, 6.07) is 0. The van der Waals surface area contributed by atoms with Crippen molar-refractivity contribution in [2.45, 2.75) is 72.8 Å². The monoisotopic (exact) mass is 360 g/mol. The molecule has 4 heteroatoms. The van der Waals surface area contributed by atoms with Gasteiger partial charge in [0.2, 0.25) is 0 Å². The van der Waals surface area contributed by atoms with E-state index in [2.05, 4.69) is 33.8 Å². The second-order valence-corrected chi connectivity index (χ2v) is 8.95. The summed E-state index contributed by atoms with van der Waals surface area (Å²) in [6.45, 7) is 11.2. The van der Waals surface area contributed by atoms with E-state index in [4.69, 9.17) is 9.47 Å². The molecule has 0 N–H and O–H groups in total. The molecule has 0 spiro atoms. The number of esters is 2. The molecule has 1 saturated carbocycles. The Bertz CT molecular complexity index is 661. The van der Waals surface area contributed by atoms with Gasteiger partial charge in [-0.15, -0.1) is 0 Å². The summed E-state index contributed by atoms with van der Waals surface area (Å²) in [6.07, 6.45) is 8.98. The fraction of sp³-hybridized carbons (Fsp3) is 0.727. The molecule has 0 unspecified atom stereocenters. The van der Waals surface area contributed by atoms with Crippen LogP contribution in [-0.4, -0.2) is 24.6 Å². The smallest absolute Gasteiger partial charge is 0.331 e. The van der Waals surface area contributed by atoms with Gasteiger partial charge in [0.05, 0.1) is 0 Å². The zero-order valence-corrected chi connectivity index (χ0v) is 16.8. The van der Waals surface area contributed by atoms with Crippen molar-refractivity contribution in [3.05, 3.63) is 23.3 Å². The third-order valence-corrected chi connectivity index (χ3v) is 7.65. The summed E-state index contributed by atoms with van der Waals surface area (Å²) >= 11 is 0. The van der Waals surface area contributed by atoms with Gasteiger partial charge in [0.25, 0.3) is 0 Å². The van der Waals surface area contributed by atoms with Gasteiger partial charge in [-0.3, -0.25) is 4.79 Å². The van der Waals surface area contributed by atoms with Gasteiger partial charge in [-0.2, -0.15) is 0 Å². The zero-order valence-electron chi connectivity index (χ0n) is 16.8. The number of carbonyl (C=O) groups excluding carboxylic acids is 2. The van der Waals surface area contributed by atoms with Crippen LogP contribution in [0, 0.1) is 22.7 Å². The van der Waals surface area contributed by atoms with Crippen LogP contribution in [0.5, 0.6) is 0 Å². The van der Waals surface area contributed by atoms with Gasteiger partial charge in [-0.25, -0.2) is 4.79 Å². The van der Waals surface area contributed by atoms with Crippen molar-refractivity contribution in [1.29, 1.82) is 0 Å². The molecule has 3 aliphatic rings. The van der Waals surface area contributed by atoms with Crippen molar-refractivity contribution in [2.75, 3.05) is 6.61 Å². The second-order valence-electron chi connectivity index (χ2n) is 8.95. The van der Waals surface area contributed by atoms with Crippen LogP contribution in [0.1, 0.15) is 66.7 Å². The minimum Gasteiger partial charge on any atom is -0.462 e. The molecule has 0 aromatic carbocycles. The minimum absolute atomic E-state index is 0.0553. The Labute approximate surface area is 157 Å². The Morgan fingerprint density at radius 2 is 2.12 bits per heavy atom. The van der Waals surface area contributed by atoms with Crippen molar-refractivity contribution >= 4 is 11.9 Å². The molecule has 0 saturated heterocycles. The summed E-state index contributed by atoms with van der Waals surface area (Å²) in [5.41, 5.74) is 2.50. The highest BCUT2D eigenvalue weighted by Crippen LogP contribution is 2.62. The molecule has 3 rings (SSSR count). The van der Waals surface area contributed by atoms with Crippen LogP contribution < -0.4 is 0 Å². The van der Waals surface area contributed by atoms with Crippen molar-refractivity contribution in [3.8, 4) is 0 Å². The summed E-state index contributed by atoms with van der Waals surface area (Å²) in [5, 5.41) is 0. The first-order valence-corrected chi connectivity index (χ1v) is 9.88. The molecule has 0 aromatic rings. The average molecular weight is 360 g/mol. The number of carbonyl (C=O) groups is 2. The highest BCUT2D eigenvalue weighted by Gasteiger charge is 2.58. The number of cyclic esters (lactones) is 1. The predicted octanol–water partition coefficient (Wildman–Crippen LogP) is 4.59. The van der Waals surface area contributed by atoms with Gasteiger partial charge in [-0.1, -0.05) is 32.4 Å². The first-order valence-electron chi connectivity index (χ1n) is 9.88. The highest BCUT2D eigenvalue weighted by molar-refractivity contribution is 5.85. The Hall–Kier alpha value is -1.58. The largest absolute Gasteiger partial charge is 0.462 e. The maximum absolute atomic E-state index is 11.7. The van der Waals surface area contributed by atoms with E-state index in [0.29, 0.717) is 18.4 Å². The SMILES string of the molecule is CC(=O)O[C@@H]1C[C@@H](C)[C@@](C)(CCC2=CC(=O)OC2)[C@@H]2CCC=C(C)[C@]12C. The fourth-order valence-corrected chi connectivity index (χ4v) is 5.71. The number of ether oxygens (including phenoxy) is 2. The number of rotatable bonds is 4.